The van der Waals surface area contributed by atoms with Crippen LogP contribution in [0, 0.1) is 20.8 Å². The molecule has 2 aromatic rings. The highest BCUT2D eigenvalue weighted by Crippen LogP contribution is 2.31. The topological polar surface area (TPSA) is 85.6 Å². The highest BCUT2D eigenvalue weighted by molar-refractivity contribution is 5.49. The molecule has 35 heavy (non-hydrogen) atoms. The molecule has 192 valence electrons. The molecule has 7 heteroatoms. The second kappa shape index (κ2) is 10.3. The lowest BCUT2D eigenvalue weighted by Gasteiger charge is -2.46. The minimum Gasteiger partial charge on any atom is -0.497 e. The fourth-order valence-corrected chi connectivity index (χ4v) is 5.32. The molecule has 0 saturated carbocycles. The second-order valence-electron chi connectivity index (χ2n) is 10.5. The number of rotatable bonds is 7. The third kappa shape index (κ3) is 5.92. The van der Waals surface area contributed by atoms with Gasteiger partial charge in [-0.1, -0.05) is 6.07 Å². The normalized spacial score (nSPS) is 24.9. The zero-order valence-corrected chi connectivity index (χ0v) is 21.5. The summed E-state index contributed by atoms with van der Waals surface area (Å²) in [5, 5.41) is 33.3. The van der Waals surface area contributed by atoms with E-state index in [9.17, 15) is 15.3 Å². The van der Waals surface area contributed by atoms with Crippen LogP contribution >= 0.6 is 0 Å². The lowest BCUT2D eigenvalue weighted by atomic mass is 9.86. The maximum absolute atomic E-state index is 11.3. The predicted molar refractivity (Wildman–Crippen MR) is 138 cm³/mol. The Kier molecular flexibility index (Phi) is 7.62. The molecule has 0 aliphatic carbocycles. The fraction of sp³-hybridized carbons (Fsp3) is 0.571. The number of likely N-dealkylation sites (tertiary alicyclic amines) is 1. The number of piperidine rings is 2. The summed E-state index contributed by atoms with van der Waals surface area (Å²) >= 11 is 0. The van der Waals surface area contributed by atoms with Gasteiger partial charge in [0.15, 0.2) is 0 Å². The van der Waals surface area contributed by atoms with Gasteiger partial charge in [0.2, 0.25) is 0 Å². The molecule has 0 aromatic heterocycles. The SMILES string of the molecule is COc1ccc(N2CCC(O)(CN3CC[C@H](O)[C@@](O)(COc4cc(C)cc(C)c4C)C3)CC2)cc1. The molecule has 0 unspecified atom stereocenters. The first kappa shape index (κ1) is 25.8. The van der Waals surface area contributed by atoms with Crippen molar-refractivity contribution in [3.8, 4) is 11.5 Å². The number of hydrogen-bond donors (Lipinski definition) is 3. The van der Waals surface area contributed by atoms with Gasteiger partial charge < -0.3 is 29.7 Å². The van der Waals surface area contributed by atoms with Crippen LogP contribution < -0.4 is 14.4 Å². The predicted octanol–water partition coefficient (Wildman–Crippen LogP) is 2.83. The zero-order valence-electron chi connectivity index (χ0n) is 21.5. The standard InChI is InChI=1S/C28H40N2O5/c1-20-15-21(2)22(3)25(16-20)35-19-28(33)18-29(12-9-26(28)31)17-27(32)10-13-30(14-11-27)23-5-7-24(34-4)8-6-23/h5-8,15-16,26,31-33H,9-14,17-19H2,1-4H3/t26-,28-/m0/s1. The Bertz CT molecular complexity index is 1000. The monoisotopic (exact) mass is 484 g/mol. The maximum atomic E-state index is 11.3. The molecule has 0 radical (unpaired) electrons. The number of β-amino-alcohol motifs (C(OH)–C–C–N with tert-alkyl or cyclic N) is 2. The molecule has 0 amide bonds. The van der Waals surface area contributed by atoms with Crippen LogP contribution in [0.4, 0.5) is 5.69 Å². The van der Waals surface area contributed by atoms with E-state index in [0.29, 0.717) is 32.4 Å². The van der Waals surface area contributed by atoms with Crippen LogP contribution in [0.5, 0.6) is 11.5 Å². The molecule has 7 nitrogen and oxygen atoms in total. The molecule has 2 saturated heterocycles. The van der Waals surface area contributed by atoms with Gasteiger partial charge in [-0.2, -0.15) is 0 Å². The molecule has 4 rings (SSSR count). The third-order valence-electron chi connectivity index (χ3n) is 7.73. The number of nitrogens with zero attached hydrogens (tertiary/aromatic N) is 2. The molecule has 0 bridgehead atoms. The van der Waals surface area contributed by atoms with E-state index < -0.39 is 17.3 Å². The van der Waals surface area contributed by atoms with Gasteiger partial charge in [-0.25, -0.2) is 0 Å². The number of aliphatic hydroxyl groups is 3. The Morgan fingerprint density at radius 1 is 1.00 bits per heavy atom. The van der Waals surface area contributed by atoms with E-state index in [1.165, 1.54) is 0 Å². The van der Waals surface area contributed by atoms with Crippen molar-refractivity contribution in [3.63, 3.8) is 0 Å². The van der Waals surface area contributed by atoms with E-state index in [4.69, 9.17) is 9.47 Å². The van der Waals surface area contributed by atoms with Crippen molar-refractivity contribution in [2.75, 3.05) is 51.3 Å². The van der Waals surface area contributed by atoms with Crippen molar-refractivity contribution < 1.29 is 24.8 Å². The Morgan fingerprint density at radius 3 is 2.34 bits per heavy atom. The van der Waals surface area contributed by atoms with Crippen molar-refractivity contribution in [3.05, 3.63) is 53.1 Å². The van der Waals surface area contributed by atoms with Crippen LogP contribution in [-0.2, 0) is 0 Å². The summed E-state index contributed by atoms with van der Waals surface area (Å²) in [5.74, 6) is 1.57. The lowest BCUT2D eigenvalue weighted by molar-refractivity contribution is -0.149. The number of aryl methyl sites for hydroxylation is 2. The summed E-state index contributed by atoms with van der Waals surface area (Å²) in [6.45, 7) is 8.98. The molecule has 2 fully saturated rings. The first-order valence-electron chi connectivity index (χ1n) is 12.6. The number of anilines is 1. The number of benzene rings is 2. The number of hydrogen-bond acceptors (Lipinski definition) is 7. The third-order valence-corrected chi connectivity index (χ3v) is 7.73. The highest BCUT2D eigenvalue weighted by Gasteiger charge is 2.44. The fourth-order valence-electron chi connectivity index (χ4n) is 5.32. The van der Waals surface area contributed by atoms with E-state index in [1.54, 1.807) is 7.11 Å². The summed E-state index contributed by atoms with van der Waals surface area (Å²) in [4.78, 5) is 4.36. The minimum atomic E-state index is -1.39. The molecule has 2 aliphatic rings. The highest BCUT2D eigenvalue weighted by atomic mass is 16.5. The average molecular weight is 485 g/mol. The molecule has 2 aliphatic heterocycles. The van der Waals surface area contributed by atoms with Gasteiger partial charge >= 0.3 is 0 Å². The van der Waals surface area contributed by atoms with E-state index in [0.717, 1.165) is 47.0 Å². The van der Waals surface area contributed by atoms with Gasteiger partial charge in [0.05, 0.1) is 18.8 Å². The largest absolute Gasteiger partial charge is 0.497 e. The van der Waals surface area contributed by atoms with Crippen LogP contribution in [0.2, 0.25) is 0 Å². The number of aliphatic hydroxyl groups excluding tert-OH is 1. The maximum Gasteiger partial charge on any atom is 0.137 e. The Labute approximate surface area is 208 Å². The summed E-state index contributed by atoms with van der Waals surface area (Å²) in [6.07, 6.45) is 0.875. The van der Waals surface area contributed by atoms with Gasteiger partial charge in [0.25, 0.3) is 0 Å². The van der Waals surface area contributed by atoms with Crippen LogP contribution in [0.15, 0.2) is 36.4 Å². The molecular formula is C28H40N2O5. The van der Waals surface area contributed by atoms with Crippen LogP contribution in [-0.4, -0.2) is 84.0 Å². The Morgan fingerprint density at radius 2 is 1.69 bits per heavy atom. The molecule has 2 heterocycles. The van der Waals surface area contributed by atoms with Crippen LogP contribution in [0.3, 0.4) is 0 Å². The van der Waals surface area contributed by atoms with Crippen LogP contribution in [0.1, 0.15) is 36.0 Å². The van der Waals surface area contributed by atoms with Crippen molar-refractivity contribution in [2.24, 2.45) is 0 Å². The molecule has 0 spiro atoms. The van der Waals surface area contributed by atoms with Crippen molar-refractivity contribution in [1.82, 2.24) is 4.90 Å². The zero-order chi connectivity index (χ0) is 25.2. The van der Waals surface area contributed by atoms with Crippen LogP contribution in [0.25, 0.3) is 0 Å². The van der Waals surface area contributed by atoms with Gasteiger partial charge in [0.1, 0.15) is 23.7 Å². The first-order valence-corrected chi connectivity index (χ1v) is 12.6. The second-order valence-corrected chi connectivity index (χ2v) is 10.5. The lowest BCUT2D eigenvalue weighted by Crippen LogP contribution is -2.62. The molecule has 3 N–H and O–H groups in total. The van der Waals surface area contributed by atoms with E-state index >= 15 is 0 Å². The molecule has 2 atom stereocenters. The van der Waals surface area contributed by atoms with Gasteiger partial charge in [-0.3, -0.25) is 4.90 Å². The summed E-state index contributed by atoms with van der Waals surface area (Å²) in [5.41, 5.74) is 2.20. The summed E-state index contributed by atoms with van der Waals surface area (Å²) in [6, 6.07) is 12.1. The Balaban J connectivity index is 1.35. The minimum absolute atomic E-state index is 0.0120. The smallest absolute Gasteiger partial charge is 0.137 e. The summed E-state index contributed by atoms with van der Waals surface area (Å²) < 4.78 is 11.3. The van der Waals surface area contributed by atoms with Gasteiger partial charge in [0, 0.05) is 38.4 Å². The molecule has 2 aromatic carbocycles. The van der Waals surface area contributed by atoms with Crippen molar-refractivity contribution in [1.29, 1.82) is 0 Å². The summed E-state index contributed by atoms with van der Waals surface area (Å²) in [7, 11) is 1.66. The Hall–Kier alpha value is -2.32. The quantitative estimate of drug-likeness (QED) is 0.557. The number of methoxy groups -OCH3 is 1. The van der Waals surface area contributed by atoms with Crippen molar-refractivity contribution in [2.45, 2.75) is 57.3 Å². The van der Waals surface area contributed by atoms with Gasteiger partial charge in [-0.15, -0.1) is 0 Å². The van der Waals surface area contributed by atoms with E-state index in [1.807, 2.05) is 51.1 Å². The van der Waals surface area contributed by atoms with Crippen molar-refractivity contribution >= 4 is 5.69 Å². The average Bonchev–Trinajstić information content (AvgIpc) is 2.83. The molecular weight excluding hydrogens is 444 g/mol. The van der Waals surface area contributed by atoms with E-state index in [-0.39, 0.29) is 13.2 Å². The first-order chi connectivity index (χ1) is 16.6. The van der Waals surface area contributed by atoms with E-state index in [2.05, 4.69) is 15.9 Å². The number of ether oxygens (including phenoxy) is 2. The van der Waals surface area contributed by atoms with Gasteiger partial charge in [-0.05, 0) is 87.1 Å².